The molecule has 12 aromatic heterocycles. The molecule has 6 aromatic carbocycles. The summed E-state index contributed by atoms with van der Waals surface area (Å²) in [6.07, 6.45) is 23.8. The minimum absolute atomic E-state index is 0.0652. The maximum atomic E-state index is 6.18. The van der Waals surface area contributed by atoms with Gasteiger partial charge in [-0.3, -0.25) is 19.9 Å². The molecule has 0 unspecified atom stereocenters. The molecule has 0 spiro atoms. The van der Waals surface area contributed by atoms with Gasteiger partial charge in [-0.15, -0.1) is 0 Å². The molecule has 0 saturated carbocycles. The van der Waals surface area contributed by atoms with Gasteiger partial charge in [0.2, 0.25) is 28.5 Å². The van der Waals surface area contributed by atoms with Crippen LogP contribution in [0.2, 0.25) is 26.2 Å². The van der Waals surface area contributed by atoms with Crippen LogP contribution in [0.5, 0.6) is 34.6 Å². The van der Waals surface area contributed by atoms with Crippen LogP contribution in [-0.2, 0) is 58.5 Å². The molecule has 24 rings (SSSR count). The average molecular weight is 2010 g/mol. The number of aryl methyl sites for hydroxylation is 12. The Balaban J connectivity index is 0.000000110. The van der Waals surface area contributed by atoms with E-state index in [1.165, 1.54) is 171 Å². The van der Waals surface area contributed by atoms with E-state index in [0.717, 1.165) is 45.1 Å². The molecule has 0 amide bonds. The monoisotopic (exact) mass is 2010 g/mol. The van der Waals surface area contributed by atoms with Crippen molar-refractivity contribution in [2.75, 3.05) is 35.8 Å². The van der Waals surface area contributed by atoms with Crippen LogP contribution in [0.15, 0.2) is 329 Å². The van der Waals surface area contributed by atoms with E-state index in [2.05, 4.69) is 442 Å². The molecule has 6 aliphatic rings. The first-order chi connectivity index (χ1) is 69.5. The zero-order chi connectivity index (χ0) is 102. The van der Waals surface area contributed by atoms with Crippen LogP contribution in [0.1, 0.15) is 109 Å². The van der Waals surface area contributed by atoms with Crippen molar-refractivity contribution in [2.45, 2.75) is 126 Å². The summed E-state index contributed by atoms with van der Waals surface area (Å²) in [4.78, 5) is 34.8. The number of nitrogens with zero attached hydrogens (tertiary/aromatic N) is 15. The summed E-state index contributed by atoms with van der Waals surface area (Å²) in [6.45, 7) is 36.5. The summed E-state index contributed by atoms with van der Waals surface area (Å²) in [5, 5.41) is 5.21. The molecule has 1 aliphatic carbocycles. The average Bonchev–Trinajstić information content (AvgIpc) is 0.695. The molecule has 0 bridgehead atoms. The fourth-order valence-corrected chi connectivity index (χ4v) is 30.9. The van der Waals surface area contributed by atoms with Crippen molar-refractivity contribution >= 4 is 95.3 Å². The predicted octanol–water partition coefficient (Wildman–Crippen LogP) is 20.1. The number of ether oxygens (including phenoxy) is 3. The van der Waals surface area contributed by atoms with E-state index >= 15 is 0 Å². The normalized spacial score (nSPS) is 14.3. The third kappa shape index (κ3) is 17.9. The summed E-state index contributed by atoms with van der Waals surface area (Å²) in [5.74, 6) is 4.47. The van der Waals surface area contributed by atoms with Gasteiger partial charge in [0, 0.05) is 144 Å². The summed E-state index contributed by atoms with van der Waals surface area (Å²) in [6, 6.07) is 89.2. The zero-order valence-electron chi connectivity index (χ0n) is 88.0. The van der Waals surface area contributed by atoms with Crippen LogP contribution < -0.4 is 86.4 Å². The van der Waals surface area contributed by atoms with E-state index in [1.54, 1.807) is 6.20 Å². The number of aromatic nitrogens is 12. The molecular weight excluding hydrogens is 1880 g/mol. The van der Waals surface area contributed by atoms with Crippen LogP contribution in [-0.4, -0.2) is 82.2 Å². The first kappa shape index (κ1) is 98.6. The standard InChI is InChI=1S/C24H27N2.C22H24N3.C21H24N3Si.C20H21N2OSi.C19H18N3Se.C18H15N2O2/c1-16-12-13-17-21(20(16)19-11-7-8-15-26(19)6)24(4,5)22-18(23(17,2)3)10-9-14-25-22;1-15-11-12-17-20(19(15)16-9-6-7-14-24(16)4)22(2,3)21-18(25(17)5)10-8-13-23-21;1-15-11-12-17-20(19(15)16-9-6-7-14-23(16)2)25(4,5)21-18(24(17)3)10-8-13-22-21;1-14-12-18-19(13-15(14)16-8-5-6-11-22(16)2)24(3,4)20-17(23-18)9-7-10-21-20;1-13-9-10-15-18(17(13)14-7-4-5-12-21(14)2)23-19-16(22(15)3)8-6-11-20-19;1-12-10-16-17(22-18-15(21-16)7-5-8-19-18)11-13(12)14-6-3-4-9-20(14)2/h7-15H,1-6H3;2*6-14H,1-5H3;5-13H,1-4H3;4-12H,1-3H3;3-11H,1-2H3/q6*+1. The van der Waals surface area contributed by atoms with Gasteiger partial charge in [0.1, 0.15) is 62.9 Å². The number of fused-ring (bicyclic) bond motifs is 12. The molecule has 145 heavy (non-hydrogen) atoms. The van der Waals surface area contributed by atoms with Gasteiger partial charge in [-0.1, -0.05) is 84.2 Å². The maximum Gasteiger partial charge on any atom is 0.212 e. The summed E-state index contributed by atoms with van der Waals surface area (Å²) in [7, 11) is 15.2. The quantitative estimate of drug-likeness (QED) is 0.116. The van der Waals surface area contributed by atoms with Crippen LogP contribution in [0.4, 0.5) is 34.1 Å². The van der Waals surface area contributed by atoms with Crippen LogP contribution in [0, 0.1) is 41.5 Å². The largest absolute Gasteiger partial charge is 0.344 e. The molecule has 21 heteroatoms. The number of benzene rings is 6. The molecule has 0 saturated heterocycles. The van der Waals surface area contributed by atoms with Crippen molar-refractivity contribution in [3.63, 3.8) is 0 Å². The molecule has 18 nitrogen and oxygen atoms in total. The van der Waals surface area contributed by atoms with E-state index in [1.807, 2.05) is 111 Å². The van der Waals surface area contributed by atoms with Crippen molar-refractivity contribution in [3.05, 3.63) is 396 Å². The SMILES string of the molecule is Cc1cc2c(cc1-c1cccc[n+]1C)Oc1ncccc1O2.Cc1cc2c(cc1-c1cccc[n+]1C)[Si](C)(C)c1ncccc1O2.Cc1ccc2c(c1-c1cccc[n+]1C)C(C)(C)c1ncccc1C2(C)C.Cc1ccc2c(c1-c1cccc[n+]1C)C(C)(C)c1ncccc1N2C.Cc1ccc2c(c1-c1cccc[n+]1C)[Se]c1ncccc1N2C.Cc1ccc2c(c1-c1cccc[n+]1C)[Si](C)(C)c1ncccc1N2C. The van der Waals surface area contributed by atoms with Crippen molar-refractivity contribution < 1.29 is 41.6 Å². The van der Waals surface area contributed by atoms with E-state index in [9.17, 15) is 0 Å². The number of hydrogen-bond donors (Lipinski definition) is 0. The van der Waals surface area contributed by atoms with Gasteiger partial charge in [0.25, 0.3) is 5.88 Å². The van der Waals surface area contributed by atoms with Gasteiger partial charge >= 0.3 is 143 Å². The molecule has 5 aliphatic heterocycles. The van der Waals surface area contributed by atoms with Gasteiger partial charge in [-0.2, -0.15) is 0 Å². The Morgan fingerprint density at radius 3 is 1.28 bits per heavy atom. The Kier molecular flexibility index (Phi) is 26.7. The summed E-state index contributed by atoms with van der Waals surface area (Å²) in [5.41, 5.74) is 37.8. The second-order valence-corrected chi connectivity index (χ2v) is 52.0. The topological polar surface area (TPSA) is 138 Å². The van der Waals surface area contributed by atoms with Gasteiger partial charge < -0.3 is 24.0 Å². The third-order valence-corrected chi connectivity index (χ3v) is 39.0. The van der Waals surface area contributed by atoms with Crippen molar-refractivity contribution in [1.29, 1.82) is 0 Å². The second kappa shape index (κ2) is 39.2. The first-order valence-electron chi connectivity index (χ1n) is 49.7. The van der Waals surface area contributed by atoms with Crippen LogP contribution in [0.25, 0.3) is 67.5 Å². The van der Waals surface area contributed by atoms with E-state index in [0.29, 0.717) is 17.4 Å². The third-order valence-electron chi connectivity index (χ3n) is 30.0. The maximum absolute atomic E-state index is 6.18. The van der Waals surface area contributed by atoms with Gasteiger partial charge in [0.15, 0.2) is 48.2 Å². The van der Waals surface area contributed by atoms with E-state index < -0.39 is 16.1 Å². The predicted molar refractivity (Wildman–Crippen MR) is 591 cm³/mol. The van der Waals surface area contributed by atoms with Crippen LogP contribution in [0.3, 0.4) is 0 Å². The van der Waals surface area contributed by atoms with Gasteiger partial charge in [-0.25, -0.2) is 27.8 Å². The van der Waals surface area contributed by atoms with Gasteiger partial charge in [-0.05, 0) is 225 Å². The van der Waals surface area contributed by atoms with Crippen molar-refractivity contribution in [3.8, 4) is 102 Å². The minimum atomic E-state index is -1.92. The van der Waals surface area contributed by atoms with Crippen molar-refractivity contribution in [1.82, 2.24) is 29.9 Å². The number of hydrogen-bond acceptors (Lipinski definition) is 12. The molecule has 17 heterocycles. The smallest absolute Gasteiger partial charge is 0.212 e. The summed E-state index contributed by atoms with van der Waals surface area (Å²) >= 11 is 0.211. The van der Waals surface area contributed by atoms with Crippen molar-refractivity contribution in [2.24, 2.45) is 42.3 Å². The number of pyridine rings is 12. The molecule has 0 radical (unpaired) electrons. The van der Waals surface area contributed by atoms with Gasteiger partial charge in [0.05, 0.1) is 55.7 Å². The van der Waals surface area contributed by atoms with E-state index in [-0.39, 0.29) is 31.2 Å². The Bertz CT molecular complexity index is 7980. The summed E-state index contributed by atoms with van der Waals surface area (Å²) < 4.78 is 33.7. The Labute approximate surface area is 862 Å². The number of rotatable bonds is 6. The second-order valence-electron chi connectivity index (χ2n) is 41.4. The molecular formula is C124H129N15O3SeSi2+6. The minimum Gasteiger partial charge on any atom is -0.344 e. The fraction of sp³-hybridized carbons (Fsp3) is 0.226. The molecule has 18 aromatic rings. The molecule has 0 fully saturated rings. The van der Waals surface area contributed by atoms with Crippen LogP contribution >= 0.6 is 0 Å². The molecule has 726 valence electrons. The first-order valence-corrected chi connectivity index (χ1v) is 57.4. The Morgan fingerprint density at radius 1 is 0.290 bits per heavy atom. The Morgan fingerprint density at radius 2 is 0.697 bits per heavy atom. The Hall–Kier alpha value is -15.1. The zero-order valence-corrected chi connectivity index (χ0v) is 91.7. The molecule has 0 N–H and O–H groups in total. The fourth-order valence-electron chi connectivity index (χ4n) is 22.2. The van der Waals surface area contributed by atoms with E-state index in [4.69, 9.17) is 29.2 Å². The number of anilines is 6. The molecule has 0 atom stereocenters.